The molecule has 1 aromatic heterocycles. The van der Waals surface area contributed by atoms with Gasteiger partial charge in [0.15, 0.2) is 0 Å². The van der Waals surface area contributed by atoms with Crippen molar-refractivity contribution in [1.82, 2.24) is 14.9 Å². The highest BCUT2D eigenvalue weighted by molar-refractivity contribution is 5.76. The van der Waals surface area contributed by atoms with E-state index >= 15 is 0 Å². The molecule has 0 fully saturated rings. The molecule has 4 nitrogen and oxygen atoms in total. The molecule has 1 atom stereocenters. The average molecular weight is 233 g/mol. The molecule has 92 valence electrons. The molecule has 0 aliphatic carbocycles. The summed E-state index contributed by atoms with van der Waals surface area (Å²) in [5.74, 6) is 0.988. The van der Waals surface area contributed by atoms with Crippen molar-refractivity contribution in [1.29, 1.82) is 0 Å². The molecule has 0 aliphatic rings. The van der Waals surface area contributed by atoms with Gasteiger partial charge in [0.25, 0.3) is 0 Å². The molecule has 1 aromatic carbocycles. The van der Waals surface area contributed by atoms with E-state index in [1.807, 2.05) is 39.2 Å². The molecule has 2 aromatic rings. The van der Waals surface area contributed by atoms with Gasteiger partial charge in [0.05, 0.1) is 17.1 Å². The number of hydrogen-bond donors (Lipinski definition) is 2. The monoisotopic (exact) mass is 233 g/mol. The van der Waals surface area contributed by atoms with Crippen LogP contribution in [0.5, 0.6) is 0 Å². The standard InChI is InChI=1S/C13H19N3O/c1-9-15-11-8-10(13(17)6-7-14-2)4-5-12(11)16(9)3/h4-5,8,13-14,17H,6-7H2,1-3H3. The van der Waals surface area contributed by atoms with Gasteiger partial charge in [0, 0.05) is 7.05 Å². The van der Waals surface area contributed by atoms with Gasteiger partial charge >= 0.3 is 0 Å². The lowest BCUT2D eigenvalue weighted by molar-refractivity contribution is 0.168. The quantitative estimate of drug-likeness (QED) is 0.842. The third kappa shape index (κ3) is 2.33. The first-order valence-corrected chi connectivity index (χ1v) is 5.89. The highest BCUT2D eigenvalue weighted by atomic mass is 16.3. The predicted molar refractivity (Wildman–Crippen MR) is 69.0 cm³/mol. The fourth-order valence-corrected chi connectivity index (χ4v) is 1.99. The SMILES string of the molecule is CNCCC(O)c1ccc2c(c1)nc(C)n2C. The largest absolute Gasteiger partial charge is 0.388 e. The van der Waals surface area contributed by atoms with Gasteiger partial charge in [-0.25, -0.2) is 4.98 Å². The number of aliphatic hydroxyl groups excluding tert-OH is 1. The topological polar surface area (TPSA) is 50.1 Å². The first-order chi connectivity index (χ1) is 8.13. The lowest BCUT2D eigenvalue weighted by Crippen LogP contribution is -2.11. The Hall–Kier alpha value is -1.39. The normalized spacial score (nSPS) is 13.2. The summed E-state index contributed by atoms with van der Waals surface area (Å²) in [6.07, 6.45) is 0.294. The molecule has 2 N–H and O–H groups in total. The molecule has 1 heterocycles. The number of nitrogens with one attached hydrogen (secondary N) is 1. The zero-order valence-electron chi connectivity index (χ0n) is 10.6. The van der Waals surface area contributed by atoms with Crippen LogP contribution in [0.3, 0.4) is 0 Å². The van der Waals surface area contributed by atoms with Crippen LogP contribution < -0.4 is 5.32 Å². The Labute approximate surface area is 101 Å². The number of benzene rings is 1. The van der Waals surface area contributed by atoms with Crippen LogP contribution in [0.4, 0.5) is 0 Å². The Morgan fingerprint density at radius 2 is 2.24 bits per heavy atom. The van der Waals surface area contributed by atoms with Crippen molar-refractivity contribution in [3.63, 3.8) is 0 Å². The number of rotatable bonds is 4. The summed E-state index contributed by atoms with van der Waals surface area (Å²) >= 11 is 0. The molecule has 0 radical (unpaired) electrons. The number of hydrogen-bond acceptors (Lipinski definition) is 3. The van der Waals surface area contributed by atoms with Crippen LogP contribution in [0.1, 0.15) is 23.9 Å². The zero-order valence-corrected chi connectivity index (χ0v) is 10.6. The van der Waals surface area contributed by atoms with E-state index < -0.39 is 6.10 Å². The van der Waals surface area contributed by atoms with E-state index in [1.165, 1.54) is 0 Å². The van der Waals surface area contributed by atoms with Crippen molar-refractivity contribution in [2.75, 3.05) is 13.6 Å². The Balaban J connectivity index is 2.31. The van der Waals surface area contributed by atoms with E-state index in [1.54, 1.807) is 0 Å². The van der Waals surface area contributed by atoms with Gasteiger partial charge in [-0.15, -0.1) is 0 Å². The summed E-state index contributed by atoms with van der Waals surface area (Å²) < 4.78 is 2.05. The molecule has 2 rings (SSSR count). The number of fused-ring (bicyclic) bond motifs is 1. The second kappa shape index (κ2) is 4.85. The summed E-state index contributed by atoms with van der Waals surface area (Å²) in [6.45, 7) is 2.79. The second-order valence-electron chi connectivity index (χ2n) is 4.37. The molecule has 17 heavy (non-hydrogen) atoms. The van der Waals surface area contributed by atoms with Crippen molar-refractivity contribution >= 4 is 11.0 Å². The fourth-order valence-electron chi connectivity index (χ4n) is 1.99. The highest BCUT2D eigenvalue weighted by Gasteiger charge is 2.10. The third-order valence-electron chi connectivity index (χ3n) is 3.18. The van der Waals surface area contributed by atoms with Gasteiger partial charge in [-0.1, -0.05) is 6.07 Å². The number of aryl methyl sites for hydroxylation is 2. The van der Waals surface area contributed by atoms with Crippen molar-refractivity contribution < 1.29 is 5.11 Å². The van der Waals surface area contributed by atoms with Gasteiger partial charge in [0.1, 0.15) is 5.82 Å². The molecule has 0 spiro atoms. The summed E-state index contributed by atoms with van der Waals surface area (Å²) in [5, 5.41) is 13.1. The van der Waals surface area contributed by atoms with E-state index in [9.17, 15) is 5.11 Å². The van der Waals surface area contributed by atoms with Crippen molar-refractivity contribution in [2.24, 2.45) is 7.05 Å². The average Bonchev–Trinajstić information content (AvgIpc) is 2.61. The van der Waals surface area contributed by atoms with Gasteiger partial charge in [-0.2, -0.15) is 0 Å². The second-order valence-corrected chi connectivity index (χ2v) is 4.37. The van der Waals surface area contributed by atoms with Gasteiger partial charge in [0.2, 0.25) is 0 Å². The molecule has 4 heteroatoms. The van der Waals surface area contributed by atoms with E-state index in [0.717, 1.165) is 29.0 Å². The Morgan fingerprint density at radius 3 is 2.94 bits per heavy atom. The summed E-state index contributed by atoms with van der Waals surface area (Å²) in [4.78, 5) is 4.47. The van der Waals surface area contributed by atoms with Crippen LogP contribution in [0.25, 0.3) is 11.0 Å². The fraction of sp³-hybridized carbons (Fsp3) is 0.462. The van der Waals surface area contributed by atoms with Crippen LogP contribution >= 0.6 is 0 Å². The van der Waals surface area contributed by atoms with Crippen molar-refractivity contribution in [2.45, 2.75) is 19.4 Å². The molecule has 0 amide bonds. The first kappa shape index (κ1) is 12.1. The van der Waals surface area contributed by atoms with Gasteiger partial charge < -0.3 is 15.0 Å². The molecule has 0 saturated heterocycles. The predicted octanol–water partition coefficient (Wildman–Crippen LogP) is 1.52. The lowest BCUT2D eigenvalue weighted by atomic mass is 10.1. The smallest absolute Gasteiger partial charge is 0.106 e. The number of nitrogens with zero attached hydrogens (tertiary/aromatic N) is 2. The minimum atomic E-state index is -0.422. The zero-order chi connectivity index (χ0) is 12.4. The van der Waals surface area contributed by atoms with Crippen LogP contribution in [0, 0.1) is 6.92 Å². The van der Waals surface area contributed by atoms with Gasteiger partial charge in [-0.3, -0.25) is 0 Å². The Morgan fingerprint density at radius 1 is 1.47 bits per heavy atom. The maximum absolute atomic E-state index is 10.0. The number of aliphatic hydroxyl groups is 1. The molecular formula is C13H19N3O. The molecule has 0 saturated carbocycles. The van der Waals surface area contributed by atoms with Gasteiger partial charge in [-0.05, 0) is 44.6 Å². The minimum Gasteiger partial charge on any atom is -0.388 e. The van der Waals surface area contributed by atoms with Crippen LogP contribution in [0.15, 0.2) is 18.2 Å². The number of imidazole rings is 1. The summed E-state index contributed by atoms with van der Waals surface area (Å²) in [5.41, 5.74) is 2.99. The lowest BCUT2D eigenvalue weighted by Gasteiger charge is -2.10. The van der Waals surface area contributed by atoms with E-state index in [2.05, 4.69) is 14.9 Å². The maximum atomic E-state index is 10.0. The molecular weight excluding hydrogens is 214 g/mol. The van der Waals surface area contributed by atoms with E-state index in [0.29, 0.717) is 6.42 Å². The summed E-state index contributed by atoms with van der Waals surface area (Å²) in [7, 11) is 3.89. The molecule has 0 aliphatic heterocycles. The highest BCUT2D eigenvalue weighted by Crippen LogP contribution is 2.22. The Bertz CT molecular complexity index is 519. The summed E-state index contributed by atoms with van der Waals surface area (Å²) in [6, 6.07) is 5.97. The maximum Gasteiger partial charge on any atom is 0.106 e. The third-order valence-corrected chi connectivity index (χ3v) is 3.18. The van der Waals surface area contributed by atoms with Crippen molar-refractivity contribution in [3.05, 3.63) is 29.6 Å². The van der Waals surface area contributed by atoms with E-state index in [4.69, 9.17) is 0 Å². The first-order valence-electron chi connectivity index (χ1n) is 5.89. The molecule has 1 unspecified atom stereocenters. The number of aromatic nitrogens is 2. The van der Waals surface area contributed by atoms with Crippen LogP contribution in [-0.4, -0.2) is 28.3 Å². The van der Waals surface area contributed by atoms with Crippen LogP contribution in [0.2, 0.25) is 0 Å². The Kier molecular flexibility index (Phi) is 3.45. The molecule has 0 bridgehead atoms. The van der Waals surface area contributed by atoms with Crippen LogP contribution in [-0.2, 0) is 7.05 Å². The van der Waals surface area contributed by atoms with E-state index in [-0.39, 0.29) is 0 Å². The minimum absolute atomic E-state index is 0.422. The van der Waals surface area contributed by atoms with Crippen molar-refractivity contribution in [3.8, 4) is 0 Å².